The molecule has 2 aliphatic heterocycles. The van der Waals surface area contributed by atoms with Gasteiger partial charge >= 0.3 is 6.03 Å². The standard InChI is InChI=1S/C27H32N4O2/c32-26(12-22-11-18-3-4-20(22)10-18)30-14-23(15-30)19-5-7-25(8-6-19)29-27(33)31-16-24(17-31)21-2-1-9-28-13-21/h1-2,5-9,13,18,20,22-24H,3-4,10-12,14-17H2,(H,29,33)/t18-,20?,22?/m1/s1. The van der Waals surface area contributed by atoms with Crippen molar-refractivity contribution in [1.82, 2.24) is 14.8 Å². The summed E-state index contributed by atoms with van der Waals surface area (Å²) < 4.78 is 0. The van der Waals surface area contributed by atoms with Crippen molar-refractivity contribution in [3.63, 3.8) is 0 Å². The molecule has 1 N–H and O–H groups in total. The van der Waals surface area contributed by atoms with E-state index < -0.39 is 0 Å². The van der Waals surface area contributed by atoms with Gasteiger partial charge in [0.1, 0.15) is 0 Å². The van der Waals surface area contributed by atoms with Crippen LogP contribution in [-0.2, 0) is 4.79 Å². The van der Waals surface area contributed by atoms with Crippen molar-refractivity contribution in [2.45, 2.75) is 43.9 Å². The summed E-state index contributed by atoms with van der Waals surface area (Å²) in [6.45, 7) is 3.11. The van der Waals surface area contributed by atoms with Crippen LogP contribution in [0.3, 0.4) is 0 Å². The molecular formula is C27H32N4O2. The monoisotopic (exact) mass is 444 g/mol. The minimum atomic E-state index is -0.0519. The number of aromatic nitrogens is 1. The lowest BCUT2D eigenvalue weighted by molar-refractivity contribution is -0.137. The van der Waals surface area contributed by atoms with Crippen LogP contribution in [0.1, 0.15) is 55.1 Å². The molecule has 4 aliphatic rings. The lowest BCUT2D eigenvalue weighted by atomic mass is 9.85. The molecular weight excluding hydrogens is 412 g/mol. The zero-order valence-corrected chi connectivity index (χ0v) is 19.0. The van der Waals surface area contributed by atoms with Gasteiger partial charge in [-0.05, 0) is 66.3 Å². The maximum Gasteiger partial charge on any atom is 0.321 e. The highest BCUT2D eigenvalue weighted by Gasteiger charge is 2.42. The van der Waals surface area contributed by atoms with Gasteiger partial charge in [-0.15, -0.1) is 0 Å². The van der Waals surface area contributed by atoms with Gasteiger partial charge in [-0.2, -0.15) is 0 Å². The maximum absolute atomic E-state index is 12.7. The summed E-state index contributed by atoms with van der Waals surface area (Å²) in [7, 11) is 0. The van der Waals surface area contributed by atoms with Crippen molar-refractivity contribution in [3.05, 3.63) is 59.9 Å². The molecule has 0 radical (unpaired) electrons. The van der Waals surface area contributed by atoms with E-state index in [0.717, 1.165) is 50.1 Å². The van der Waals surface area contributed by atoms with Crippen LogP contribution in [0, 0.1) is 17.8 Å². The molecule has 3 heterocycles. The first kappa shape index (κ1) is 20.7. The van der Waals surface area contributed by atoms with Crippen LogP contribution in [0.4, 0.5) is 10.5 Å². The fraction of sp³-hybridized carbons (Fsp3) is 0.519. The van der Waals surface area contributed by atoms with Gasteiger partial charge in [0.05, 0.1) is 0 Å². The molecule has 2 unspecified atom stereocenters. The number of carbonyl (C=O) groups excluding carboxylic acids is 2. The molecule has 3 atom stereocenters. The largest absolute Gasteiger partial charge is 0.341 e. The van der Waals surface area contributed by atoms with E-state index in [4.69, 9.17) is 0 Å². The van der Waals surface area contributed by atoms with Crippen molar-refractivity contribution < 1.29 is 9.59 Å². The number of amides is 3. The maximum atomic E-state index is 12.7. The molecule has 3 amide bonds. The normalized spacial score (nSPS) is 26.7. The first-order valence-corrected chi connectivity index (χ1v) is 12.5. The van der Waals surface area contributed by atoms with E-state index >= 15 is 0 Å². The van der Waals surface area contributed by atoms with E-state index in [1.165, 1.54) is 36.8 Å². The minimum absolute atomic E-state index is 0.0519. The minimum Gasteiger partial charge on any atom is -0.341 e. The Bertz CT molecular complexity index is 1010. The fourth-order valence-electron chi connectivity index (χ4n) is 6.39. The lowest BCUT2D eigenvalue weighted by Gasteiger charge is -2.40. The number of pyridine rings is 1. The summed E-state index contributed by atoms with van der Waals surface area (Å²) >= 11 is 0. The Hall–Kier alpha value is -2.89. The van der Waals surface area contributed by atoms with Crippen LogP contribution >= 0.6 is 0 Å². The third kappa shape index (κ3) is 4.11. The first-order chi connectivity index (χ1) is 16.1. The van der Waals surface area contributed by atoms with Gasteiger partial charge in [0.2, 0.25) is 5.91 Å². The highest BCUT2D eigenvalue weighted by Crippen LogP contribution is 2.49. The van der Waals surface area contributed by atoms with Crippen LogP contribution in [0.2, 0.25) is 0 Å². The quantitative estimate of drug-likeness (QED) is 0.740. The van der Waals surface area contributed by atoms with Gasteiger partial charge in [-0.3, -0.25) is 9.78 Å². The molecule has 1 aromatic heterocycles. The van der Waals surface area contributed by atoms with Crippen LogP contribution in [0.15, 0.2) is 48.8 Å². The molecule has 0 spiro atoms. The average Bonchev–Trinajstić information content (AvgIpc) is 3.37. The number of benzene rings is 1. The predicted molar refractivity (Wildman–Crippen MR) is 127 cm³/mol. The molecule has 2 bridgehead atoms. The third-order valence-corrected chi connectivity index (χ3v) is 8.51. The van der Waals surface area contributed by atoms with E-state index in [1.807, 2.05) is 34.2 Å². The summed E-state index contributed by atoms with van der Waals surface area (Å²) in [4.78, 5) is 33.2. The summed E-state index contributed by atoms with van der Waals surface area (Å²) in [5.41, 5.74) is 3.25. The van der Waals surface area contributed by atoms with Gasteiger partial charge in [-0.1, -0.05) is 24.6 Å². The molecule has 4 fully saturated rings. The van der Waals surface area contributed by atoms with Crippen LogP contribution in [-0.4, -0.2) is 52.9 Å². The Morgan fingerprint density at radius 2 is 1.67 bits per heavy atom. The number of rotatable bonds is 5. The molecule has 33 heavy (non-hydrogen) atoms. The highest BCUT2D eigenvalue weighted by molar-refractivity contribution is 5.90. The van der Waals surface area contributed by atoms with E-state index in [9.17, 15) is 9.59 Å². The fourth-order valence-corrected chi connectivity index (χ4v) is 6.39. The topological polar surface area (TPSA) is 65.5 Å². The highest BCUT2D eigenvalue weighted by atomic mass is 16.2. The van der Waals surface area contributed by atoms with Gasteiger partial charge in [0, 0.05) is 62.5 Å². The van der Waals surface area contributed by atoms with Crippen LogP contribution in [0.5, 0.6) is 0 Å². The summed E-state index contributed by atoms with van der Waals surface area (Å²) in [5, 5.41) is 3.01. The lowest BCUT2D eigenvalue weighted by Crippen LogP contribution is -2.50. The van der Waals surface area contributed by atoms with Crippen molar-refractivity contribution in [2.75, 3.05) is 31.5 Å². The number of fused-ring (bicyclic) bond motifs is 2. The molecule has 2 aliphatic carbocycles. The molecule has 172 valence electrons. The molecule has 2 aromatic rings. The number of hydrogen-bond acceptors (Lipinski definition) is 3. The number of likely N-dealkylation sites (tertiary alicyclic amines) is 2. The Morgan fingerprint density at radius 1 is 0.909 bits per heavy atom. The molecule has 2 saturated heterocycles. The Kier molecular flexibility index (Phi) is 5.31. The van der Waals surface area contributed by atoms with Gasteiger partial charge in [0.25, 0.3) is 0 Å². The third-order valence-electron chi connectivity index (χ3n) is 8.51. The number of nitrogens with one attached hydrogen (secondary N) is 1. The van der Waals surface area contributed by atoms with Crippen LogP contribution < -0.4 is 5.32 Å². The zero-order chi connectivity index (χ0) is 22.4. The van der Waals surface area contributed by atoms with Gasteiger partial charge in [-0.25, -0.2) is 4.79 Å². The number of urea groups is 1. The van der Waals surface area contributed by atoms with Crippen molar-refractivity contribution in [3.8, 4) is 0 Å². The van der Waals surface area contributed by atoms with E-state index in [1.54, 1.807) is 6.20 Å². The molecule has 6 heteroatoms. The Labute approximate surface area is 195 Å². The van der Waals surface area contributed by atoms with E-state index in [-0.39, 0.29) is 6.03 Å². The van der Waals surface area contributed by atoms with Gasteiger partial charge in [0.15, 0.2) is 0 Å². The molecule has 1 aromatic carbocycles. The number of nitrogens with zero attached hydrogens (tertiary/aromatic N) is 3. The summed E-state index contributed by atoms with van der Waals surface area (Å²) in [5.74, 6) is 3.50. The summed E-state index contributed by atoms with van der Waals surface area (Å²) in [6.07, 6.45) is 9.80. The SMILES string of the molecule is O=C(CC1C[C@@H]2CCC1C2)N1CC(c2ccc(NC(=O)N3CC(c4cccnc4)C3)cc2)C1. The summed E-state index contributed by atoms with van der Waals surface area (Å²) in [6, 6.07) is 12.1. The van der Waals surface area contributed by atoms with Gasteiger partial charge < -0.3 is 15.1 Å². The molecule has 6 rings (SSSR count). The molecule has 2 saturated carbocycles. The zero-order valence-electron chi connectivity index (χ0n) is 19.0. The second-order valence-electron chi connectivity index (χ2n) is 10.6. The second kappa shape index (κ2) is 8.47. The van der Waals surface area contributed by atoms with Crippen molar-refractivity contribution in [2.24, 2.45) is 17.8 Å². The first-order valence-electron chi connectivity index (χ1n) is 12.5. The smallest absolute Gasteiger partial charge is 0.321 e. The Balaban J connectivity index is 0.950. The predicted octanol–water partition coefficient (Wildman–Crippen LogP) is 4.47. The molecule has 6 nitrogen and oxygen atoms in total. The number of carbonyl (C=O) groups is 2. The number of hydrogen-bond donors (Lipinski definition) is 1. The number of anilines is 1. The van der Waals surface area contributed by atoms with Crippen molar-refractivity contribution >= 4 is 17.6 Å². The van der Waals surface area contributed by atoms with Crippen molar-refractivity contribution in [1.29, 1.82) is 0 Å². The average molecular weight is 445 g/mol. The Morgan fingerprint density at radius 3 is 2.33 bits per heavy atom. The second-order valence-corrected chi connectivity index (χ2v) is 10.6. The van der Waals surface area contributed by atoms with E-state index in [2.05, 4.69) is 28.5 Å². The van der Waals surface area contributed by atoms with Crippen LogP contribution in [0.25, 0.3) is 0 Å². The van der Waals surface area contributed by atoms with E-state index in [0.29, 0.717) is 23.7 Å².